The van der Waals surface area contributed by atoms with E-state index in [0.717, 1.165) is 5.56 Å². The molecule has 1 aromatic carbocycles. The van der Waals surface area contributed by atoms with Crippen LogP contribution in [0.2, 0.25) is 5.02 Å². The lowest BCUT2D eigenvalue weighted by Gasteiger charge is -1.98. The van der Waals surface area contributed by atoms with Gasteiger partial charge >= 0.3 is 5.97 Å². The minimum Gasteiger partial charge on any atom is -0.478 e. The van der Waals surface area contributed by atoms with Crippen LogP contribution in [0.5, 0.6) is 0 Å². The maximum absolute atomic E-state index is 10.7. The van der Waals surface area contributed by atoms with E-state index < -0.39 is 5.97 Å². The average Bonchev–Trinajstić information content (AvgIpc) is 2.14. The van der Waals surface area contributed by atoms with E-state index in [9.17, 15) is 4.79 Å². The molecule has 0 aromatic heterocycles. The van der Waals surface area contributed by atoms with E-state index in [-0.39, 0.29) is 5.56 Å². The summed E-state index contributed by atoms with van der Waals surface area (Å²) in [6.45, 7) is 0. The molecule has 0 aliphatic rings. The second-order valence-electron chi connectivity index (χ2n) is 2.66. The zero-order chi connectivity index (χ0) is 10.6. The summed E-state index contributed by atoms with van der Waals surface area (Å²) >= 11 is 9.76. The van der Waals surface area contributed by atoms with Crippen molar-refractivity contribution in [3.8, 4) is 0 Å². The molecule has 0 heterocycles. The molecular weight excluding hydrogens is 220 g/mol. The fraction of sp³-hybridized carbons (Fsp3) is 0.100. The molecule has 0 saturated carbocycles. The van der Waals surface area contributed by atoms with Crippen LogP contribution in [0.25, 0.3) is 6.08 Å². The Balaban J connectivity index is 3.07. The molecule has 14 heavy (non-hydrogen) atoms. The first-order valence-electron chi connectivity index (χ1n) is 3.95. The molecule has 0 aliphatic carbocycles. The number of hydrogen-bond donors (Lipinski definition) is 2. The summed E-state index contributed by atoms with van der Waals surface area (Å²) in [5.74, 6) is -0.373. The third kappa shape index (κ3) is 3.09. The Morgan fingerprint density at radius 1 is 1.50 bits per heavy atom. The summed E-state index contributed by atoms with van der Waals surface area (Å²) < 4.78 is 0. The third-order valence-electron chi connectivity index (χ3n) is 1.58. The molecule has 0 aliphatic heterocycles. The van der Waals surface area contributed by atoms with Crippen molar-refractivity contribution in [3.05, 3.63) is 40.4 Å². The number of carboxylic acid groups (broad SMARTS) is 1. The maximum atomic E-state index is 10.7. The molecule has 0 spiro atoms. The molecule has 0 unspecified atom stereocenters. The van der Waals surface area contributed by atoms with Gasteiger partial charge in [0, 0.05) is 10.8 Å². The monoisotopic (exact) mass is 228 g/mol. The number of benzene rings is 1. The van der Waals surface area contributed by atoms with Crippen molar-refractivity contribution in [2.45, 2.75) is 0 Å². The topological polar surface area (TPSA) is 37.3 Å². The molecule has 0 bridgehead atoms. The van der Waals surface area contributed by atoms with Crippen molar-refractivity contribution in [2.75, 3.05) is 5.75 Å². The number of rotatable bonds is 3. The van der Waals surface area contributed by atoms with Crippen LogP contribution < -0.4 is 0 Å². The van der Waals surface area contributed by atoms with Gasteiger partial charge in [0.25, 0.3) is 0 Å². The van der Waals surface area contributed by atoms with Gasteiger partial charge in [0.05, 0.1) is 5.56 Å². The molecule has 0 atom stereocenters. The van der Waals surface area contributed by atoms with Crippen molar-refractivity contribution in [3.63, 3.8) is 0 Å². The van der Waals surface area contributed by atoms with Gasteiger partial charge in [-0.05, 0) is 23.8 Å². The minimum atomic E-state index is -0.979. The molecule has 74 valence electrons. The first kappa shape index (κ1) is 11.1. The Morgan fingerprint density at radius 2 is 2.21 bits per heavy atom. The molecule has 2 nitrogen and oxygen atoms in total. The van der Waals surface area contributed by atoms with Gasteiger partial charge in [0.1, 0.15) is 0 Å². The lowest BCUT2D eigenvalue weighted by Crippen LogP contribution is -1.96. The smallest absolute Gasteiger partial charge is 0.335 e. The van der Waals surface area contributed by atoms with E-state index in [1.165, 1.54) is 6.07 Å². The summed E-state index contributed by atoms with van der Waals surface area (Å²) in [5.41, 5.74) is 0.959. The highest BCUT2D eigenvalue weighted by molar-refractivity contribution is 7.80. The molecule has 1 aromatic rings. The second-order valence-corrected chi connectivity index (χ2v) is 3.46. The van der Waals surface area contributed by atoms with Crippen LogP contribution in [-0.2, 0) is 0 Å². The molecule has 1 N–H and O–H groups in total. The van der Waals surface area contributed by atoms with Gasteiger partial charge < -0.3 is 5.11 Å². The highest BCUT2D eigenvalue weighted by Gasteiger charge is 2.04. The Hall–Kier alpha value is -0.930. The van der Waals surface area contributed by atoms with Crippen LogP contribution in [0.1, 0.15) is 15.9 Å². The van der Waals surface area contributed by atoms with Crippen molar-refractivity contribution >= 4 is 36.3 Å². The van der Waals surface area contributed by atoms with Gasteiger partial charge in [0.2, 0.25) is 0 Å². The summed E-state index contributed by atoms with van der Waals surface area (Å²) in [7, 11) is 0. The molecule has 0 fully saturated rings. The van der Waals surface area contributed by atoms with E-state index in [1.54, 1.807) is 18.2 Å². The Morgan fingerprint density at radius 3 is 2.79 bits per heavy atom. The summed E-state index contributed by atoms with van der Waals surface area (Å²) in [6, 6.07) is 4.68. The van der Waals surface area contributed by atoms with Crippen molar-refractivity contribution in [1.82, 2.24) is 0 Å². The van der Waals surface area contributed by atoms with E-state index in [1.807, 2.05) is 6.08 Å². The predicted octanol–water partition coefficient (Wildman–Crippen LogP) is 2.98. The molecule has 0 saturated heterocycles. The van der Waals surface area contributed by atoms with Gasteiger partial charge in [-0.25, -0.2) is 4.79 Å². The minimum absolute atomic E-state index is 0.191. The molecule has 0 amide bonds. The van der Waals surface area contributed by atoms with Crippen LogP contribution in [-0.4, -0.2) is 16.8 Å². The molecule has 0 radical (unpaired) electrons. The van der Waals surface area contributed by atoms with Gasteiger partial charge in [-0.15, -0.1) is 0 Å². The number of hydrogen-bond acceptors (Lipinski definition) is 2. The average molecular weight is 229 g/mol. The highest BCUT2D eigenvalue weighted by Crippen LogP contribution is 2.16. The molecule has 4 heteroatoms. The fourth-order valence-electron chi connectivity index (χ4n) is 1.02. The van der Waals surface area contributed by atoms with Gasteiger partial charge in [0.15, 0.2) is 0 Å². The predicted molar refractivity (Wildman–Crippen MR) is 61.3 cm³/mol. The van der Waals surface area contributed by atoms with Gasteiger partial charge in [-0.3, -0.25) is 0 Å². The molecule has 1 rings (SSSR count). The van der Waals surface area contributed by atoms with Crippen LogP contribution in [0.15, 0.2) is 24.3 Å². The Kier molecular flexibility index (Phi) is 4.04. The number of carbonyl (C=O) groups is 1. The van der Waals surface area contributed by atoms with Crippen LogP contribution in [0.3, 0.4) is 0 Å². The first-order valence-corrected chi connectivity index (χ1v) is 4.96. The van der Waals surface area contributed by atoms with Gasteiger partial charge in [-0.1, -0.05) is 23.8 Å². The third-order valence-corrected chi connectivity index (χ3v) is 2.01. The number of halogens is 1. The second kappa shape index (κ2) is 5.08. The first-order chi connectivity index (χ1) is 6.63. The Labute approximate surface area is 92.6 Å². The standard InChI is InChI=1S/C10H9ClO2S/c11-9-5-7(2-1-3-14)4-8(6-9)10(12)13/h1-2,4-6,14H,3H2,(H,12,13). The summed E-state index contributed by atoms with van der Waals surface area (Å²) in [5, 5.41) is 9.18. The Bertz CT molecular complexity index is 374. The van der Waals surface area contributed by atoms with Gasteiger partial charge in [-0.2, -0.15) is 12.6 Å². The van der Waals surface area contributed by atoms with Crippen molar-refractivity contribution in [2.24, 2.45) is 0 Å². The number of thiol groups is 1. The zero-order valence-corrected chi connectivity index (χ0v) is 8.92. The fourth-order valence-corrected chi connectivity index (χ4v) is 1.37. The number of aromatic carboxylic acids is 1. The van der Waals surface area contributed by atoms with Crippen LogP contribution >= 0.6 is 24.2 Å². The van der Waals surface area contributed by atoms with Crippen LogP contribution in [0.4, 0.5) is 0 Å². The van der Waals surface area contributed by atoms with E-state index in [2.05, 4.69) is 12.6 Å². The normalized spacial score (nSPS) is 10.7. The SMILES string of the molecule is O=C(O)c1cc(Cl)cc(C=CCS)c1. The van der Waals surface area contributed by atoms with Crippen LogP contribution in [0, 0.1) is 0 Å². The summed E-state index contributed by atoms with van der Waals surface area (Å²) in [6.07, 6.45) is 3.60. The summed E-state index contributed by atoms with van der Waals surface area (Å²) in [4.78, 5) is 10.7. The molecular formula is C10H9ClO2S. The highest BCUT2D eigenvalue weighted by atomic mass is 35.5. The van der Waals surface area contributed by atoms with Crippen molar-refractivity contribution < 1.29 is 9.90 Å². The van der Waals surface area contributed by atoms with E-state index >= 15 is 0 Å². The van der Waals surface area contributed by atoms with E-state index in [4.69, 9.17) is 16.7 Å². The van der Waals surface area contributed by atoms with E-state index in [0.29, 0.717) is 10.8 Å². The largest absolute Gasteiger partial charge is 0.478 e. The number of carboxylic acids is 1. The van der Waals surface area contributed by atoms with Crippen molar-refractivity contribution in [1.29, 1.82) is 0 Å². The lowest BCUT2D eigenvalue weighted by molar-refractivity contribution is 0.0697. The quantitative estimate of drug-likeness (QED) is 0.781. The zero-order valence-electron chi connectivity index (χ0n) is 7.27. The lowest BCUT2D eigenvalue weighted by atomic mass is 10.1. The maximum Gasteiger partial charge on any atom is 0.335 e.